The van der Waals surface area contributed by atoms with Gasteiger partial charge in [0.2, 0.25) is 11.8 Å². The fraction of sp³-hybridized carbons (Fsp3) is 0.478. The lowest BCUT2D eigenvalue weighted by atomic mass is 9.78. The lowest BCUT2D eigenvalue weighted by molar-refractivity contribution is -0.137. The highest BCUT2D eigenvalue weighted by Gasteiger charge is 2.43. The van der Waals surface area contributed by atoms with Gasteiger partial charge in [-0.25, -0.2) is 0 Å². The van der Waals surface area contributed by atoms with Crippen LogP contribution in [0.1, 0.15) is 24.0 Å². The Labute approximate surface area is 194 Å². The van der Waals surface area contributed by atoms with E-state index in [-0.39, 0.29) is 30.8 Å². The molecule has 2 amide bonds. The zero-order chi connectivity index (χ0) is 24.5. The van der Waals surface area contributed by atoms with Crippen LogP contribution >= 0.6 is 0 Å². The van der Waals surface area contributed by atoms with Gasteiger partial charge < -0.3 is 15.5 Å². The van der Waals surface area contributed by atoms with Crippen LogP contribution in [0.3, 0.4) is 0 Å². The summed E-state index contributed by atoms with van der Waals surface area (Å²) in [6, 6.07) is 6.94. The predicted molar refractivity (Wildman–Crippen MR) is 116 cm³/mol. The van der Waals surface area contributed by atoms with Crippen molar-refractivity contribution in [2.45, 2.75) is 25.6 Å². The van der Waals surface area contributed by atoms with E-state index >= 15 is 0 Å². The molecule has 2 aromatic rings. The van der Waals surface area contributed by atoms with Crippen molar-refractivity contribution in [3.8, 4) is 6.07 Å². The molecule has 2 saturated heterocycles. The maximum atomic E-state index is 13.4. The first-order valence-electron chi connectivity index (χ1n) is 11.1. The Hall–Kier alpha value is -3.55. The van der Waals surface area contributed by atoms with E-state index in [1.165, 1.54) is 6.07 Å². The summed E-state index contributed by atoms with van der Waals surface area (Å²) in [7, 11) is 0. The number of primary amides is 1. The summed E-state index contributed by atoms with van der Waals surface area (Å²) >= 11 is 0. The largest absolute Gasteiger partial charge is 0.417 e. The van der Waals surface area contributed by atoms with Crippen LogP contribution < -0.4 is 10.6 Å². The van der Waals surface area contributed by atoms with Gasteiger partial charge in [0, 0.05) is 44.3 Å². The first-order chi connectivity index (χ1) is 16.2. The number of rotatable bonds is 5. The van der Waals surface area contributed by atoms with Crippen molar-refractivity contribution in [1.82, 2.24) is 14.7 Å². The minimum Gasteiger partial charge on any atom is -0.370 e. The first-order valence-corrected chi connectivity index (χ1v) is 11.1. The fourth-order valence-electron chi connectivity index (χ4n) is 5.09. The van der Waals surface area contributed by atoms with E-state index in [2.05, 4.69) is 5.10 Å². The summed E-state index contributed by atoms with van der Waals surface area (Å²) in [4.78, 5) is 28.3. The third-order valence-electron chi connectivity index (χ3n) is 6.88. The van der Waals surface area contributed by atoms with Gasteiger partial charge in [0.1, 0.15) is 6.54 Å². The first kappa shape index (κ1) is 23.6. The number of nitrogens with zero attached hydrogens (tertiary/aromatic N) is 5. The van der Waals surface area contributed by atoms with Crippen molar-refractivity contribution in [2.75, 3.05) is 31.1 Å². The second-order valence-corrected chi connectivity index (χ2v) is 8.84. The number of alkyl halides is 3. The lowest BCUT2D eigenvalue weighted by Crippen LogP contribution is -2.43. The van der Waals surface area contributed by atoms with E-state index in [0.717, 1.165) is 12.1 Å². The molecule has 0 unspecified atom stereocenters. The van der Waals surface area contributed by atoms with Crippen molar-refractivity contribution in [3.63, 3.8) is 0 Å². The molecule has 8 nitrogen and oxygen atoms in total. The molecule has 0 saturated carbocycles. The molecule has 180 valence electrons. The normalized spacial score (nSPS) is 21.5. The number of halogens is 3. The number of hydrogen-bond acceptors (Lipinski definition) is 5. The summed E-state index contributed by atoms with van der Waals surface area (Å²) < 4.78 is 41.8. The molecular formula is C23H25F3N6O2. The van der Waals surface area contributed by atoms with Crippen LogP contribution in [0.15, 0.2) is 36.7 Å². The molecule has 0 aliphatic carbocycles. The molecule has 2 N–H and O–H groups in total. The van der Waals surface area contributed by atoms with Crippen molar-refractivity contribution in [3.05, 3.63) is 47.8 Å². The molecule has 3 heterocycles. The van der Waals surface area contributed by atoms with Crippen molar-refractivity contribution in [1.29, 1.82) is 5.26 Å². The highest BCUT2D eigenvalue weighted by atomic mass is 19.4. The van der Waals surface area contributed by atoms with Crippen LogP contribution in [0.5, 0.6) is 0 Å². The van der Waals surface area contributed by atoms with Crippen molar-refractivity contribution in [2.24, 2.45) is 23.5 Å². The molecule has 0 bridgehead atoms. The molecule has 1 aromatic heterocycles. The van der Waals surface area contributed by atoms with Gasteiger partial charge in [-0.05, 0) is 48.9 Å². The number of hydrogen-bond donors (Lipinski definition) is 1. The van der Waals surface area contributed by atoms with Crippen LogP contribution in [0.4, 0.5) is 18.9 Å². The summed E-state index contributed by atoms with van der Waals surface area (Å²) in [6.45, 7) is 1.87. The zero-order valence-corrected chi connectivity index (χ0v) is 18.4. The van der Waals surface area contributed by atoms with E-state index in [1.807, 2.05) is 0 Å². The zero-order valence-electron chi connectivity index (χ0n) is 18.4. The second-order valence-electron chi connectivity index (χ2n) is 8.84. The number of piperidine rings is 1. The molecule has 2 aliphatic heterocycles. The van der Waals surface area contributed by atoms with E-state index in [1.54, 1.807) is 39.0 Å². The number of nitriles is 1. The molecule has 0 radical (unpaired) electrons. The number of anilines is 1. The quantitative estimate of drug-likeness (QED) is 0.715. The number of carbonyl (C=O) groups excluding carboxylic acids is 2. The van der Waals surface area contributed by atoms with Crippen molar-refractivity contribution < 1.29 is 22.8 Å². The average Bonchev–Trinajstić information content (AvgIpc) is 3.48. The molecule has 1 aromatic carbocycles. The number of aromatic nitrogens is 2. The summed E-state index contributed by atoms with van der Waals surface area (Å²) in [5, 5.41) is 13.1. The maximum absolute atomic E-state index is 13.4. The Balaban J connectivity index is 1.45. The predicted octanol–water partition coefficient (Wildman–Crippen LogP) is 2.25. The van der Waals surface area contributed by atoms with Gasteiger partial charge in [-0.15, -0.1) is 0 Å². The average molecular weight is 474 g/mol. The van der Waals surface area contributed by atoms with E-state index < -0.39 is 29.1 Å². The Morgan fingerprint density at radius 1 is 1.21 bits per heavy atom. The second kappa shape index (κ2) is 9.37. The number of amides is 2. The molecule has 2 atom stereocenters. The SMILES string of the molecule is N#Cc1ccc(N2C[C@@H](C(N)=O)[C@H](C3CCN(C(=O)Cn4cccn4)CC3)C2)cc1C(F)(F)F. The molecule has 4 rings (SSSR count). The topological polar surface area (TPSA) is 108 Å². The molecular weight excluding hydrogens is 449 g/mol. The molecule has 34 heavy (non-hydrogen) atoms. The Kier molecular flexibility index (Phi) is 6.50. The molecule has 11 heteroatoms. The molecule has 2 aliphatic rings. The van der Waals surface area contributed by atoms with Crippen LogP contribution in [-0.2, 0) is 22.3 Å². The lowest BCUT2D eigenvalue weighted by Gasteiger charge is -2.36. The molecule has 0 spiro atoms. The monoisotopic (exact) mass is 474 g/mol. The number of carbonyl (C=O) groups is 2. The van der Waals surface area contributed by atoms with Gasteiger partial charge in [-0.2, -0.15) is 23.5 Å². The van der Waals surface area contributed by atoms with Gasteiger partial charge in [0.25, 0.3) is 0 Å². The van der Waals surface area contributed by atoms with Crippen LogP contribution in [-0.4, -0.2) is 52.7 Å². The Bertz CT molecular complexity index is 1090. The summed E-state index contributed by atoms with van der Waals surface area (Å²) in [6.07, 6.45) is 0.0604. The van der Waals surface area contributed by atoms with Gasteiger partial charge >= 0.3 is 6.18 Å². The van der Waals surface area contributed by atoms with Gasteiger partial charge in [-0.3, -0.25) is 14.3 Å². The number of benzene rings is 1. The third kappa shape index (κ3) is 4.85. The number of likely N-dealkylation sites (tertiary alicyclic amines) is 1. The minimum absolute atomic E-state index is 0.0288. The van der Waals surface area contributed by atoms with Gasteiger partial charge in [0.15, 0.2) is 0 Å². The highest BCUT2D eigenvalue weighted by Crippen LogP contribution is 2.40. The summed E-state index contributed by atoms with van der Waals surface area (Å²) in [5.74, 6) is -1.00. The van der Waals surface area contributed by atoms with Crippen LogP contribution in [0, 0.1) is 29.1 Å². The van der Waals surface area contributed by atoms with Crippen molar-refractivity contribution >= 4 is 17.5 Å². The van der Waals surface area contributed by atoms with Crippen LogP contribution in [0.2, 0.25) is 0 Å². The highest BCUT2D eigenvalue weighted by molar-refractivity contribution is 5.79. The minimum atomic E-state index is -4.65. The fourth-order valence-corrected chi connectivity index (χ4v) is 5.09. The smallest absolute Gasteiger partial charge is 0.370 e. The van der Waals surface area contributed by atoms with E-state index in [4.69, 9.17) is 11.0 Å². The third-order valence-corrected chi connectivity index (χ3v) is 6.88. The van der Waals surface area contributed by atoms with Crippen LogP contribution in [0.25, 0.3) is 0 Å². The van der Waals surface area contributed by atoms with Gasteiger partial charge in [-0.1, -0.05) is 0 Å². The van der Waals surface area contributed by atoms with E-state index in [9.17, 15) is 22.8 Å². The molecule has 2 fully saturated rings. The van der Waals surface area contributed by atoms with E-state index in [0.29, 0.717) is 38.2 Å². The Morgan fingerprint density at radius 2 is 1.94 bits per heavy atom. The Morgan fingerprint density at radius 3 is 2.53 bits per heavy atom. The number of nitrogens with two attached hydrogens (primary N) is 1. The standard InChI is InChI=1S/C23H25F3N6O2/c24-23(25,26)20-10-17(3-2-16(20)11-27)31-12-18(19(13-31)22(28)34)15-4-8-30(9-5-15)21(33)14-32-7-1-6-29-32/h1-3,6-7,10,15,18-19H,4-5,8-9,12-14H2,(H2,28,34)/t18-,19+/m0/s1. The summed E-state index contributed by atoms with van der Waals surface area (Å²) in [5.41, 5.74) is 4.55. The van der Waals surface area contributed by atoms with Gasteiger partial charge in [0.05, 0.1) is 23.1 Å². The maximum Gasteiger partial charge on any atom is 0.417 e.